The van der Waals surface area contributed by atoms with Crippen LogP contribution in [0.15, 0.2) is 0 Å². The fourth-order valence-corrected chi connectivity index (χ4v) is 2.19. The molecule has 1 amide bonds. The Labute approximate surface area is 90.2 Å². The first-order valence-electron chi connectivity index (χ1n) is 5.87. The molecule has 4 nitrogen and oxygen atoms in total. The van der Waals surface area contributed by atoms with Gasteiger partial charge in [-0.1, -0.05) is 12.8 Å². The standard InChI is InChI=1S/C11H20N2O2/c12-11(5-6-11)10(15)13-7-8-3-1-2-4-9(8)14/h8-9,14H,1-7,12H2,(H,13,15). The van der Waals surface area contributed by atoms with Gasteiger partial charge in [0.1, 0.15) is 0 Å². The van der Waals surface area contributed by atoms with E-state index in [4.69, 9.17) is 5.73 Å². The summed E-state index contributed by atoms with van der Waals surface area (Å²) in [6.07, 6.45) is 5.50. The normalized spacial score (nSPS) is 33.5. The molecule has 2 aliphatic rings. The number of hydrogen-bond acceptors (Lipinski definition) is 3. The van der Waals surface area contributed by atoms with Crippen molar-refractivity contribution in [1.82, 2.24) is 5.32 Å². The van der Waals surface area contributed by atoms with Gasteiger partial charge in [0.25, 0.3) is 0 Å². The minimum absolute atomic E-state index is 0.0414. The number of rotatable bonds is 3. The molecule has 0 radical (unpaired) electrons. The molecular weight excluding hydrogens is 192 g/mol. The Morgan fingerprint density at radius 3 is 2.67 bits per heavy atom. The molecule has 0 aromatic heterocycles. The highest BCUT2D eigenvalue weighted by Crippen LogP contribution is 2.32. The van der Waals surface area contributed by atoms with Gasteiger partial charge in [-0.25, -0.2) is 0 Å². The van der Waals surface area contributed by atoms with Crippen LogP contribution in [-0.4, -0.2) is 29.2 Å². The van der Waals surface area contributed by atoms with Crippen LogP contribution in [0.4, 0.5) is 0 Å². The first kappa shape index (κ1) is 10.9. The van der Waals surface area contributed by atoms with Crippen LogP contribution in [0.1, 0.15) is 38.5 Å². The zero-order valence-electron chi connectivity index (χ0n) is 9.04. The van der Waals surface area contributed by atoms with Crippen LogP contribution in [0, 0.1) is 5.92 Å². The molecule has 86 valence electrons. The molecular formula is C11H20N2O2. The fraction of sp³-hybridized carbons (Fsp3) is 0.909. The molecule has 4 N–H and O–H groups in total. The molecule has 4 heteroatoms. The van der Waals surface area contributed by atoms with Crippen molar-refractivity contribution in [2.45, 2.75) is 50.2 Å². The molecule has 2 fully saturated rings. The quantitative estimate of drug-likeness (QED) is 0.623. The summed E-state index contributed by atoms with van der Waals surface area (Å²) >= 11 is 0. The molecule has 2 rings (SSSR count). The SMILES string of the molecule is NC1(C(=O)NCC2CCCCC2O)CC1. The Kier molecular flexibility index (Phi) is 2.98. The van der Waals surface area contributed by atoms with Gasteiger partial charge in [-0.3, -0.25) is 4.79 Å². The Morgan fingerprint density at radius 2 is 2.07 bits per heavy atom. The number of carbonyl (C=O) groups excluding carboxylic acids is 1. The van der Waals surface area contributed by atoms with Crippen molar-refractivity contribution in [3.63, 3.8) is 0 Å². The first-order chi connectivity index (χ1) is 7.12. The largest absolute Gasteiger partial charge is 0.393 e. The van der Waals surface area contributed by atoms with Gasteiger partial charge in [0.15, 0.2) is 0 Å². The van der Waals surface area contributed by atoms with Gasteiger partial charge >= 0.3 is 0 Å². The molecule has 2 atom stereocenters. The van der Waals surface area contributed by atoms with E-state index in [-0.39, 0.29) is 17.9 Å². The number of nitrogens with two attached hydrogens (primary N) is 1. The van der Waals surface area contributed by atoms with Crippen molar-refractivity contribution in [3.8, 4) is 0 Å². The van der Waals surface area contributed by atoms with Crippen molar-refractivity contribution < 1.29 is 9.90 Å². The number of nitrogens with one attached hydrogen (secondary N) is 1. The lowest BCUT2D eigenvalue weighted by Crippen LogP contribution is -2.46. The zero-order valence-corrected chi connectivity index (χ0v) is 9.04. The molecule has 0 aliphatic heterocycles. The van der Waals surface area contributed by atoms with Crippen molar-refractivity contribution in [3.05, 3.63) is 0 Å². The highest BCUT2D eigenvalue weighted by atomic mass is 16.3. The fourth-order valence-electron chi connectivity index (χ4n) is 2.19. The van der Waals surface area contributed by atoms with Crippen LogP contribution in [-0.2, 0) is 4.79 Å². The molecule has 0 saturated heterocycles. The van der Waals surface area contributed by atoms with Crippen molar-refractivity contribution in [2.75, 3.05) is 6.54 Å². The van der Waals surface area contributed by atoms with Crippen LogP contribution in [0.2, 0.25) is 0 Å². The van der Waals surface area contributed by atoms with Gasteiger partial charge < -0.3 is 16.2 Å². The molecule has 15 heavy (non-hydrogen) atoms. The van der Waals surface area contributed by atoms with E-state index in [2.05, 4.69) is 5.32 Å². The zero-order chi connectivity index (χ0) is 10.9. The molecule has 2 saturated carbocycles. The number of aliphatic hydroxyl groups is 1. The average molecular weight is 212 g/mol. The number of carbonyl (C=O) groups is 1. The van der Waals surface area contributed by atoms with Crippen LogP contribution in [0.25, 0.3) is 0 Å². The maximum absolute atomic E-state index is 11.6. The second-order valence-electron chi connectivity index (χ2n) is 4.98. The van der Waals surface area contributed by atoms with Crippen LogP contribution >= 0.6 is 0 Å². The van der Waals surface area contributed by atoms with Crippen LogP contribution in [0.3, 0.4) is 0 Å². The number of hydrogen-bond donors (Lipinski definition) is 3. The van der Waals surface area contributed by atoms with E-state index < -0.39 is 5.54 Å². The van der Waals surface area contributed by atoms with E-state index in [1.165, 1.54) is 0 Å². The lowest BCUT2D eigenvalue weighted by atomic mass is 9.86. The maximum Gasteiger partial charge on any atom is 0.240 e. The van der Waals surface area contributed by atoms with E-state index in [0.29, 0.717) is 6.54 Å². The highest BCUT2D eigenvalue weighted by molar-refractivity contribution is 5.88. The van der Waals surface area contributed by atoms with E-state index in [9.17, 15) is 9.90 Å². The third-order valence-electron chi connectivity index (χ3n) is 3.63. The molecule has 0 aromatic carbocycles. The smallest absolute Gasteiger partial charge is 0.240 e. The summed E-state index contributed by atoms with van der Waals surface area (Å²) in [5.41, 5.74) is 5.18. The van der Waals surface area contributed by atoms with Gasteiger partial charge in [-0.15, -0.1) is 0 Å². The van der Waals surface area contributed by atoms with Gasteiger partial charge in [0.2, 0.25) is 5.91 Å². The first-order valence-corrected chi connectivity index (χ1v) is 5.87. The van der Waals surface area contributed by atoms with Gasteiger partial charge in [-0.05, 0) is 25.7 Å². The summed E-state index contributed by atoms with van der Waals surface area (Å²) in [4.78, 5) is 11.6. The molecule has 0 spiro atoms. The minimum Gasteiger partial charge on any atom is -0.393 e. The van der Waals surface area contributed by atoms with E-state index in [0.717, 1.165) is 38.5 Å². The number of amides is 1. The average Bonchev–Trinajstić information content (AvgIpc) is 2.96. The van der Waals surface area contributed by atoms with Crippen molar-refractivity contribution in [2.24, 2.45) is 11.7 Å². The third kappa shape index (κ3) is 2.49. The predicted octanol–water partition coefficient (Wildman–Crippen LogP) is 0.145. The summed E-state index contributed by atoms with van der Waals surface area (Å²) in [6.45, 7) is 0.582. The predicted molar refractivity (Wildman–Crippen MR) is 57.1 cm³/mol. The Hall–Kier alpha value is -0.610. The maximum atomic E-state index is 11.6. The van der Waals surface area contributed by atoms with Crippen LogP contribution < -0.4 is 11.1 Å². The molecule has 0 heterocycles. The van der Waals surface area contributed by atoms with Crippen molar-refractivity contribution >= 4 is 5.91 Å². The third-order valence-corrected chi connectivity index (χ3v) is 3.63. The topological polar surface area (TPSA) is 75.4 Å². The molecule has 0 aromatic rings. The summed E-state index contributed by atoms with van der Waals surface area (Å²) in [5.74, 6) is 0.185. The summed E-state index contributed by atoms with van der Waals surface area (Å²) in [7, 11) is 0. The lowest BCUT2D eigenvalue weighted by Gasteiger charge is -2.28. The Balaban J connectivity index is 1.74. The van der Waals surface area contributed by atoms with Gasteiger partial charge in [0, 0.05) is 12.5 Å². The molecule has 2 aliphatic carbocycles. The monoisotopic (exact) mass is 212 g/mol. The summed E-state index contributed by atoms with van der Waals surface area (Å²) in [6, 6.07) is 0. The number of aliphatic hydroxyl groups excluding tert-OH is 1. The lowest BCUT2D eigenvalue weighted by molar-refractivity contribution is -0.123. The summed E-state index contributed by atoms with van der Waals surface area (Å²) < 4.78 is 0. The van der Waals surface area contributed by atoms with Gasteiger partial charge in [-0.2, -0.15) is 0 Å². The summed E-state index contributed by atoms with van der Waals surface area (Å²) in [5, 5.41) is 12.6. The van der Waals surface area contributed by atoms with Gasteiger partial charge in [0.05, 0.1) is 11.6 Å². The Bertz CT molecular complexity index is 251. The second kappa shape index (κ2) is 4.10. The Morgan fingerprint density at radius 1 is 1.40 bits per heavy atom. The second-order valence-corrected chi connectivity index (χ2v) is 4.98. The van der Waals surface area contributed by atoms with Crippen LogP contribution in [0.5, 0.6) is 0 Å². The van der Waals surface area contributed by atoms with E-state index in [1.54, 1.807) is 0 Å². The van der Waals surface area contributed by atoms with E-state index >= 15 is 0 Å². The molecule has 2 unspecified atom stereocenters. The van der Waals surface area contributed by atoms with E-state index in [1.807, 2.05) is 0 Å². The molecule has 0 bridgehead atoms. The minimum atomic E-state index is -0.584. The highest BCUT2D eigenvalue weighted by Gasteiger charge is 2.45. The van der Waals surface area contributed by atoms with Crippen molar-refractivity contribution in [1.29, 1.82) is 0 Å².